The Labute approximate surface area is 123 Å². The van der Waals surface area contributed by atoms with Crippen LogP contribution in [0.3, 0.4) is 0 Å². The van der Waals surface area contributed by atoms with Crippen molar-refractivity contribution in [2.75, 3.05) is 0 Å². The number of halogens is 2. The minimum Gasteiger partial charge on any atom is -0.466 e. The normalized spacial score (nSPS) is 12.7. The Hall–Kier alpha value is -0.960. The Bertz CT molecular complexity index is 557. The van der Waals surface area contributed by atoms with Gasteiger partial charge in [-0.25, -0.2) is 0 Å². The van der Waals surface area contributed by atoms with Gasteiger partial charge in [0, 0.05) is 28.2 Å². The molecule has 0 saturated carbocycles. The molecule has 19 heavy (non-hydrogen) atoms. The van der Waals surface area contributed by atoms with E-state index < -0.39 is 0 Å². The van der Waals surface area contributed by atoms with Crippen molar-refractivity contribution in [3.8, 4) is 0 Å². The van der Waals surface area contributed by atoms with E-state index in [1.165, 1.54) is 5.56 Å². The number of benzene rings is 1. The Morgan fingerprint density at radius 2 is 1.74 bits per heavy atom. The van der Waals surface area contributed by atoms with Crippen LogP contribution in [-0.4, -0.2) is 0 Å². The van der Waals surface area contributed by atoms with Crippen LogP contribution in [0.15, 0.2) is 28.7 Å². The predicted molar refractivity (Wildman–Crippen MR) is 79.9 cm³/mol. The Kier molecular flexibility index (Phi) is 4.56. The molecule has 0 spiro atoms. The van der Waals surface area contributed by atoms with Crippen molar-refractivity contribution in [2.24, 2.45) is 0 Å². The summed E-state index contributed by atoms with van der Waals surface area (Å²) in [4.78, 5) is 0. The number of rotatable bonds is 4. The van der Waals surface area contributed by atoms with Crippen molar-refractivity contribution < 1.29 is 4.42 Å². The van der Waals surface area contributed by atoms with Crippen LogP contribution in [0.5, 0.6) is 0 Å². The first-order chi connectivity index (χ1) is 8.95. The number of hydrogen-bond acceptors (Lipinski definition) is 2. The van der Waals surface area contributed by atoms with E-state index >= 15 is 0 Å². The molecule has 1 atom stereocenters. The molecule has 1 aromatic heterocycles. The fourth-order valence-electron chi connectivity index (χ4n) is 2.17. The van der Waals surface area contributed by atoms with E-state index in [-0.39, 0.29) is 6.04 Å². The van der Waals surface area contributed by atoms with Crippen molar-refractivity contribution in [3.63, 3.8) is 0 Å². The Morgan fingerprint density at radius 3 is 2.26 bits per heavy atom. The number of hydrogen-bond donors (Lipinski definition) is 1. The largest absolute Gasteiger partial charge is 0.466 e. The van der Waals surface area contributed by atoms with Gasteiger partial charge in [0.15, 0.2) is 0 Å². The second-order valence-electron chi connectivity index (χ2n) is 4.75. The standard InChI is InChI=1S/C15H17Cl2NO/c1-9-4-15(11(3)19-9)10(2)18-8-12-5-13(16)7-14(17)6-12/h4-7,10,18H,8H2,1-3H3. The number of nitrogens with one attached hydrogen (secondary N) is 1. The number of aryl methyl sites for hydroxylation is 2. The average molecular weight is 298 g/mol. The second-order valence-corrected chi connectivity index (χ2v) is 5.62. The first-order valence-electron chi connectivity index (χ1n) is 6.21. The van der Waals surface area contributed by atoms with E-state index in [0.717, 1.165) is 17.1 Å². The van der Waals surface area contributed by atoms with Crippen LogP contribution in [0, 0.1) is 13.8 Å². The zero-order chi connectivity index (χ0) is 14.0. The van der Waals surface area contributed by atoms with Gasteiger partial charge in [0.2, 0.25) is 0 Å². The maximum Gasteiger partial charge on any atom is 0.105 e. The molecule has 1 unspecified atom stereocenters. The van der Waals surface area contributed by atoms with Crippen LogP contribution in [0.25, 0.3) is 0 Å². The molecule has 0 fully saturated rings. The third kappa shape index (κ3) is 3.75. The monoisotopic (exact) mass is 297 g/mol. The van der Waals surface area contributed by atoms with Crippen LogP contribution in [-0.2, 0) is 6.54 Å². The van der Waals surface area contributed by atoms with Gasteiger partial charge in [0.1, 0.15) is 11.5 Å². The lowest BCUT2D eigenvalue weighted by atomic mass is 10.1. The van der Waals surface area contributed by atoms with E-state index in [9.17, 15) is 0 Å². The van der Waals surface area contributed by atoms with E-state index in [1.807, 2.05) is 26.0 Å². The Balaban J connectivity index is 2.04. The topological polar surface area (TPSA) is 25.2 Å². The summed E-state index contributed by atoms with van der Waals surface area (Å²) in [6, 6.07) is 7.86. The molecule has 1 aromatic carbocycles. The van der Waals surface area contributed by atoms with E-state index in [2.05, 4.69) is 18.3 Å². The van der Waals surface area contributed by atoms with Crippen molar-refractivity contribution >= 4 is 23.2 Å². The summed E-state index contributed by atoms with van der Waals surface area (Å²) in [5.74, 6) is 1.90. The second kappa shape index (κ2) is 6.00. The van der Waals surface area contributed by atoms with Gasteiger partial charge in [0.25, 0.3) is 0 Å². The van der Waals surface area contributed by atoms with Crippen molar-refractivity contribution in [1.29, 1.82) is 0 Å². The SMILES string of the molecule is Cc1cc(C(C)NCc2cc(Cl)cc(Cl)c2)c(C)o1. The zero-order valence-corrected chi connectivity index (χ0v) is 12.8. The summed E-state index contributed by atoms with van der Waals surface area (Å²) < 4.78 is 5.54. The minimum absolute atomic E-state index is 0.218. The molecule has 0 aliphatic heterocycles. The van der Waals surface area contributed by atoms with Crippen LogP contribution >= 0.6 is 23.2 Å². The fraction of sp³-hybridized carbons (Fsp3) is 0.333. The first-order valence-corrected chi connectivity index (χ1v) is 6.96. The molecule has 0 bridgehead atoms. The molecule has 2 rings (SSSR count). The van der Waals surface area contributed by atoms with E-state index in [1.54, 1.807) is 6.07 Å². The third-order valence-electron chi connectivity index (χ3n) is 3.08. The van der Waals surface area contributed by atoms with Gasteiger partial charge in [0.05, 0.1) is 0 Å². The highest BCUT2D eigenvalue weighted by molar-refractivity contribution is 6.34. The summed E-state index contributed by atoms with van der Waals surface area (Å²) in [6.45, 7) is 6.77. The van der Waals surface area contributed by atoms with Crippen molar-refractivity contribution in [1.82, 2.24) is 5.32 Å². The highest BCUT2D eigenvalue weighted by atomic mass is 35.5. The minimum atomic E-state index is 0.218. The molecular formula is C15H17Cl2NO. The molecule has 0 amide bonds. The van der Waals surface area contributed by atoms with Gasteiger partial charge in [-0.1, -0.05) is 23.2 Å². The maximum absolute atomic E-state index is 5.98. The number of furan rings is 1. The van der Waals surface area contributed by atoms with Crippen LogP contribution in [0.4, 0.5) is 0 Å². The van der Waals surface area contributed by atoms with Gasteiger partial charge in [-0.15, -0.1) is 0 Å². The summed E-state index contributed by atoms with van der Waals surface area (Å²) >= 11 is 12.0. The molecule has 0 aliphatic rings. The lowest BCUT2D eigenvalue weighted by Crippen LogP contribution is -2.18. The Morgan fingerprint density at radius 1 is 1.11 bits per heavy atom. The smallest absolute Gasteiger partial charge is 0.105 e. The summed E-state index contributed by atoms with van der Waals surface area (Å²) in [5.41, 5.74) is 2.26. The van der Waals surface area contributed by atoms with Crippen LogP contribution in [0.2, 0.25) is 10.0 Å². The molecule has 1 N–H and O–H groups in total. The van der Waals surface area contributed by atoms with Gasteiger partial charge >= 0.3 is 0 Å². The molecule has 0 radical (unpaired) electrons. The molecule has 0 aliphatic carbocycles. The lowest BCUT2D eigenvalue weighted by Gasteiger charge is -2.13. The quantitative estimate of drug-likeness (QED) is 0.854. The van der Waals surface area contributed by atoms with Crippen molar-refractivity contribution in [3.05, 3.63) is 57.0 Å². The van der Waals surface area contributed by atoms with Crippen LogP contribution < -0.4 is 5.32 Å². The van der Waals surface area contributed by atoms with Gasteiger partial charge in [-0.05, 0) is 50.6 Å². The summed E-state index contributed by atoms with van der Waals surface area (Å²) in [5, 5.41) is 4.77. The molecule has 0 saturated heterocycles. The molecule has 1 heterocycles. The third-order valence-corrected chi connectivity index (χ3v) is 3.52. The molecule has 2 aromatic rings. The maximum atomic E-state index is 5.98. The zero-order valence-electron chi connectivity index (χ0n) is 11.3. The average Bonchev–Trinajstić information content (AvgIpc) is 2.64. The molecule has 4 heteroatoms. The highest BCUT2D eigenvalue weighted by Gasteiger charge is 2.12. The lowest BCUT2D eigenvalue weighted by molar-refractivity contribution is 0.489. The molecular weight excluding hydrogens is 281 g/mol. The molecule has 2 nitrogen and oxygen atoms in total. The summed E-state index contributed by atoms with van der Waals surface area (Å²) in [7, 11) is 0. The molecule has 102 valence electrons. The highest BCUT2D eigenvalue weighted by Crippen LogP contribution is 2.23. The summed E-state index contributed by atoms with van der Waals surface area (Å²) in [6.07, 6.45) is 0. The van der Waals surface area contributed by atoms with Gasteiger partial charge in [-0.3, -0.25) is 0 Å². The van der Waals surface area contributed by atoms with Crippen LogP contribution in [0.1, 0.15) is 35.6 Å². The van der Waals surface area contributed by atoms with Gasteiger partial charge < -0.3 is 9.73 Å². The van der Waals surface area contributed by atoms with E-state index in [0.29, 0.717) is 16.6 Å². The first kappa shape index (κ1) is 14.4. The fourth-order valence-corrected chi connectivity index (χ4v) is 2.75. The van der Waals surface area contributed by atoms with E-state index in [4.69, 9.17) is 27.6 Å². The predicted octanol–water partition coefficient (Wildman–Crippen LogP) is 5.05. The van der Waals surface area contributed by atoms with Crippen molar-refractivity contribution in [2.45, 2.75) is 33.4 Å². The van der Waals surface area contributed by atoms with Gasteiger partial charge in [-0.2, -0.15) is 0 Å².